The van der Waals surface area contributed by atoms with Gasteiger partial charge in [-0.25, -0.2) is 10.2 Å². The number of nitrogens with zero attached hydrogens (tertiary/aromatic N) is 1. The largest absolute Gasteiger partial charge is 0.493 e. The molecule has 0 saturated heterocycles. The Morgan fingerprint density at radius 3 is 2.11 bits per heavy atom. The van der Waals surface area contributed by atoms with Crippen LogP contribution in [-0.2, 0) is 4.79 Å². The van der Waals surface area contributed by atoms with Gasteiger partial charge in [-0.3, -0.25) is 4.79 Å². The summed E-state index contributed by atoms with van der Waals surface area (Å²) in [7, 11) is 1.47. The topological polar surface area (TPSA) is 77.0 Å². The van der Waals surface area contributed by atoms with Gasteiger partial charge in [0.05, 0.1) is 28.9 Å². The fourth-order valence-electron chi connectivity index (χ4n) is 3.82. The minimum atomic E-state index is -0.590. The van der Waals surface area contributed by atoms with Gasteiger partial charge >= 0.3 is 5.97 Å². The van der Waals surface area contributed by atoms with Crippen molar-refractivity contribution in [1.82, 2.24) is 5.43 Å². The van der Waals surface area contributed by atoms with Gasteiger partial charge in [0.1, 0.15) is 0 Å². The number of rotatable bonds is 17. The molecular formula is C29H38Cl2N2O4. The standard InChI is InChI=1S/C29H38Cl2N2O4/c1-3-4-5-6-7-8-9-10-11-12-13-14-28(34)33-32-21-22-15-18-26(27(19-22)36-2)37-29(35)23-16-17-24(30)25(31)20-23/h15-21H,3-14H2,1-2H3,(H,33,34). The Hall–Kier alpha value is -2.57. The van der Waals surface area contributed by atoms with Gasteiger partial charge in [0.15, 0.2) is 11.5 Å². The predicted molar refractivity (Wildman–Crippen MR) is 151 cm³/mol. The number of benzene rings is 2. The molecule has 2 aromatic carbocycles. The molecule has 8 heteroatoms. The lowest BCUT2D eigenvalue weighted by Gasteiger charge is -2.10. The average molecular weight is 550 g/mol. The summed E-state index contributed by atoms with van der Waals surface area (Å²) in [5.41, 5.74) is 3.51. The molecule has 2 rings (SSSR count). The van der Waals surface area contributed by atoms with Crippen LogP contribution in [-0.4, -0.2) is 25.2 Å². The smallest absolute Gasteiger partial charge is 0.343 e. The number of methoxy groups -OCH3 is 1. The SMILES string of the molecule is CCCCCCCCCCCCCC(=O)NN=Cc1ccc(OC(=O)c2ccc(Cl)c(Cl)c2)c(OC)c1. The Balaban J connectivity index is 1.69. The first-order valence-corrected chi connectivity index (χ1v) is 13.9. The highest BCUT2D eigenvalue weighted by Crippen LogP contribution is 2.29. The van der Waals surface area contributed by atoms with Crippen molar-refractivity contribution >= 4 is 41.3 Å². The Kier molecular flexibility index (Phi) is 14.8. The Morgan fingerprint density at radius 2 is 1.49 bits per heavy atom. The molecular weight excluding hydrogens is 511 g/mol. The van der Waals surface area contributed by atoms with Crippen molar-refractivity contribution in [2.75, 3.05) is 7.11 Å². The summed E-state index contributed by atoms with van der Waals surface area (Å²) >= 11 is 11.9. The first-order chi connectivity index (χ1) is 17.9. The van der Waals surface area contributed by atoms with E-state index in [-0.39, 0.29) is 22.2 Å². The molecule has 0 spiro atoms. The Labute approximate surface area is 230 Å². The molecule has 6 nitrogen and oxygen atoms in total. The number of carbonyl (C=O) groups is 2. The number of amides is 1. The number of esters is 1. The highest BCUT2D eigenvalue weighted by Gasteiger charge is 2.14. The first kappa shape index (κ1) is 30.7. The van der Waals surface area contributed by atoms with Crippen molar-refractivity contribution < 1.29 is 19.1 Å². The van der Waals surface area contributed by atoms with E-state index in [1.165, 1.54) is 89.3 Å². The molecule has 2 aromatic rings. The normalized spacial score (nSPS) is 11.0. The number of halogens is 2. The van der Waals surface area contributed by atoms with E-state index in [2.05, 4.69) is 17.5 Å². The molecule has 0 saturated carbocycles. The predicted octanol–water partition coefficient (Wildman–Crippen LogP) is 8.37. The maximum Gasteiger partial charge on any atom is 0.343 e. The van der Waals surface area contributed by atoms with Gasteiger partial charge in [-0.1, -0.05) is 94.3 Å². The summed E-state index contributed by atoms with van der Waals surface area (Å²) in [5, 5.41) is 4.64. The quantitative estimate of drug-likeness (QED) is 0.0707. The zero-order chi connectivity index (χ0) is 26.9. The van der Waals surface area contributed by atoms with Gasteiger partial charge in [0.25, 0.3) is 0 Å². The molecule has 0 bridgehead atoms. The Morgan fingerprint density at radius 1 is 0.838 bits per heavy atom. The van der Waals surface area contributed by atoms with Crippen LogP contribution in [0.1, 0.15) is 99.9 Å². The molecule has 202 valence electrons. The van der Waals surface area contributed by atoms with E-state index in [0.717, 1.165) is 12.8 Å². The molecule has 0 aliphatic rings. The minimum absolute atomic E-state index is 0.105. The summed E-state index contributed by atoms with van der Waals surface area (Å²) < 4.78 is 10.8. The van der Waals surface area contributed by atoms with E-state index in [4.69, 9.17) is 32.7 Å². The van der Waals surface area contributed by atoms with E-state index in [1.807, 2.05) is 0 Å². The van der Waals surface area contributed by atoms with Crippen molar-refractivity contribution in [3.8, 4) is 11.5 Å². The van der Waals surface area contributed by atoms with Crippen molar-refractivity contribution in [2.24, 2.45) is 5.10 Å². The van der Waals surface area contributed by atoms with Crippen LogP contribution in [0.4, 0.5) is 0 Å². The van der Waals surface area contributed by atoms with Gasteiger partial charge in [0, 0.05) is 6.42 Å². The molecule has 0 radical (unpaired) electrons. The lowest BCUT2D eigenvalue weighted by molar-refractivity contribution is -0.121. The minimum Gasteiger partial charge on any atom is -0.493 e. The van der Waals surface area contributed by atoms with E-state index in [0.29, 0.717) is 22.8 Å². The molecule has 0 aromatic heterocycles. The van der Waals surface area contributed by atoms with Crippen LogP contribution < -0.4 is 14.9 Å². The van der Waals surface area contributed by atoms with Gasteiger partial charge in [0.2, 0.25) is 5.91 Å². The van der Waals surface area contributed by atoms with Gasteiger partial charge in [-0.2, -0.15) is 5.10 Å². The number of carbonyl (C=O) groups excluding carboxylic acids is 2. The first-order valence-electron chi connectivity index (χ1n) is 13.1. The number of unbranched alkanes of at least 4 members (excludes halogenated alkanes) is 10. The molecule has 0 aliphatic carbocycles. The third-order valence-corrected chi connectivity index (χ3v) is 6.69. The highest BCUT2D eigenvalue weighted by atomic mass is 35.5. The van der Waals surface area contributed by atoms with E-state index >= 15 is 0 Å². The fraction of sp³-hybridized carbons (Fsp3) is 0.483. The van der Waals surface area contributed by atoms with Crippen molar-refractivity contribution in [3.05, 3.63) is 57.6 Å². The van der Waals surface area contributed by atoms with E-state index in [1.54, 1.807) is 18.2 Å². The number of hydrogen-bond donors (Lipinski definition) is 1. The summed E-state index contributed by atoms with van der Waals surface area (Å²) in [6.45, 7) is 2.24. The molecule has 0 aliphatic heterocycles. The average Bonchev–Trinajstić information content (AvgIpc) is 2.89. The number of ether oxygens (including phenoxy) is 2. The van der Waals surface area contributed by atoms with E-state index < -0.39 is 5.97 Å². The lowest BCUT2D eigenvalue weighted by atomic mass is 10.1. The second-order valence-electron chi connectivity index (χ2n) is 9.01. The molecule has 1 amide bonds. The van der Waals surface area contributed by atoms with Crippen LogP contribution in [0.15, 0.2) is 41.5 Å². The molecule has 0 atom stereocenters. The van der Waals surface area contributed by atoms with Crippen LogP contribution in [0.5, 0.6) is 11.5 Å². The lowest BCUT2D eigenvalue weighted by Crippen LogP contribution is -2.16. The van der Waals surface area contributed by atoms with Crippen LogP contribution in [0, 0.1) is 0 Å². The zero-order valence-corrected chi connectivity index (χ0v) is 23.4. The van der Waals surface area contributed by atoms with Crippen molar-refractivity contribution in [1.29, 1.82) is 0 Å². The molecule has 37 heavy (non-hydrogen) atoms. The monoisotopic (exact) mass is 548 g/mol. The van der Waals surface area contributed by atoms with Crippen LogP contribution in [0.3, 0.4) is 0 Å². The van der Waals surface area contributed by atoms with Crippen LogP contribution >= 0.6 is 23.2 Å². The van der Waals surface area contributed by atoms with Gasteiger partial charge in [-0.15, -0.1) is 0 Å². The van der Waals surface area contributed by atoms with Crippen molar-refractivity contribution in [2.45, 2.75) is 84.0 Å². The number of hydrazone groups is 1. The van der Waals surface area contributed by atoms with E-state index in [9.17, 15) is 9.59 Å². The van der Waals surface area contributed by atoms with Crippen molar-refractivity contribution in [3.63, 3.8) is 0 Å². The van der Waals surface area contributed by atoms with Gasteiger partial charge < -0.3 is 9.47 Å². The molecule has 0 heterocycles. The molecule has 1 N–H and O–H groups in total. The summed E-state index contributed by atoms with van der Waals surface area (Å²) in [6.07, 6.45) is 15.7. The van der Waals surface area contributed by atoms with Crippen LogP contribution in [0.2, 0.25) is 10.0 Å². The number of hydrogen-bond acceptors (Lipinski definition) is 5. The number of nitrogens with one attached hydrogen (secondary N) is 1. The van der Waals surface area contributed by atoms with Crippen LogP contribution in [0.25, 0.3) is 0 Å². The maximum atomic E-state index is 12.4. The molecule has 0 unspecified atom stereocenters. The highest BCUT2D eigenvalue weighted by molar-refractivity contribution is 6.42. The third kappa shape index (κ3) is 12.0. The summed E-state index contributed by atoms with van der Waals surface area (Å²) in [5.74, 6) is -0.0971. The fourth-order valence-corrected chi connectivity index (χ4v) is 4.11. The Bertz CT molecular complexity index is 1030. The van der Waals surface area contributed by atoms with Gasteiger partial charge in [-0.05, 0) is 48.4 Å². The molecule has 0 fully saturated rings. The third-order valence-electron chi connectivity index (χ3n) is 5.96. The maximum absolute atomic E-state index is 12.4. The summed E-state index contributed by atoms with van der Waals surface area (Å²) in [4.78, 5) is 24.5. The second kappa shape index (κ2) is 17.8. The second-order valence-corrected chi connectivity index (χ2v) is 9.82. The zero-order valence-electron chi connectivity index (χ0n) is 21.9. The summed E-state index contributed by atoms with van der Waals surface area (Å²) in [6, 6.07) is 9.48.